The number of fused-ring (bicyclic) bond motifs is 1. The SMILES string of the molecule is Cc1nn(Cc2ccccc2Cl)c(Cl)c1C(=O)OCC(=O)Nc1cccc2ncccc12. The van der Waals surface area contributed by atoms with Crippen LogP contribution in [0.4, 0.5) is 5.69 Å². The predicted molar refractivity (Wildman–Crippen MR) is 123 cm³/mol. The first kappa shape index (κ1) is 21.8. The van der Waals surface area contributed by atoms with Gasteiger partial charge in [0.2, 0.25) is 0 Å². The zero-order valence-corrected chi connectivity index (χ0v) is 18.5. The molecule has 4 aromatic rings. The van der Waals surface area contributed by atoms with Gasteiger partial charge in [-0.1, -0.05) is 47.5 Å². The summed E-state index contributed by atoms with van der Waals surface area (Å²) in [6.07, 6.45) is 1.67. The van der Waals surface area contributed by atoms with Gasteiger partial charge in [0.25, 0.3) is 5.91 Å². The molecule has 7 nitrogen and oxygen atoms in total. The molecule has 0 aliphatic carbocycles. The summed E-state index contributed by atoms with van der Waals surface area (Å²) >= 11 is 12.6. The highest BCUT2D eigenvalue weighted by Gasteiger charge is 2.23. The number of benzene rings is 2. The molecule has 0 atom stereocenters. The average Bonchev–Trinajstić information content (AvgIpc) is 3.07. The Kier molecular flexibility index (Phi) is 6.39. The number of amides is 1. The van der Waals surface area contributed by atoms with E-state index in [4.69, 9.17) is 27.9 Å². The Morgan fingerprint density at radius 3 is 2.69 bits per heavy atom. The summed E-state index contributed by atoms with van der Waals surface area (Å²) in [6, 6.07) is 16.3. The minimum atomic E-state index is -0.729. The number of hydrogen-bond donors (Lipinski definition) is 1. The Bertz CT molecular complexity index is 1310. The third kappa shape index (κ3) is 4.59. The molecule has 0 fully saturated rings. The molecule has 0 aliphatic heterocycles. The number of halogens is 2. The Hall–Kier alpha value is -3.42. The standard InChI is InChI=1S/C23H18Cl2N4O3/c1-14-21(22(25)29(28-14)12-15-6-2-3-8-17(15)24)23(31)32-13-20(30)27-19-10-4-9-18-16(19)7-5-11-26-18/h2-11H,12-13H2,1H3,(H,27,30). The molecule has 0 radical (unpaired) electrons. The number of pyridine rings is 1. The van der Waals surface area contributed by atoms with Gasteiger partial charge in [0, 0.05) is 16.6 Å². The molecule has 2 aromatic carbocycles. The van der Waals surface area contributed by atoms with Crippen LogP contribution in [0.5, 0.6) is 0 Å². The molecule has 1 amide bonds. The van der Waals surface area contributed by atoms with E-state index in [9.17, 15) is 9.59 Å². The van der Waals surface area contributed by atoms with E-state index in [2.05, 4.69) is 15.4 Å². The molecule has 2 aromatic heterocycles. The van der Waals surface area contributed by atoms with Crippen molar-refractivity contribution in [1.82, 2.24) is 14.8 Å². The normalized spacial score (nSPS) is 10.8. The fourth-order valence-electron chi connectivity index (χ4n) is 3.28. The monoisotopic (exact) mass is 468 g/mol. The second-order valence-corrected chi connectivity index (χ2v) is 7.77. The molecule has 2 heterocycles. The molecule has 0 aliphatic rings. The maximum atomic E-state index is 12.6. The summed E-state index contributed by atoms with van der Waals surface area (Å²) in [5, 5.41) is 8.53. The smallest absolute Gasteiger partial charge is 0.343 e. The molecule has 0 saturated heterocycles. The van der Waals surface area contributed by atoms with Crippen molar-refractivity contribution in [1.29, 1.82) is 0 Å². The molecular weight excluding hydrogens is 451 g/mol. The van der Waals surface area contributed by atoms with Gasteiger partial charge >= 0.3 is 5.97 Å². The maximum absolute atomic E-state index is 12.6. The molecule has 0 unspecified atom stereocenters. The van der Waals surface area contributed by atoms with E-state index in [-0.39, 0.29) is 10.7 Å². The topological polar surface area (TPSA) is 86.1 Å². The number of aryl methyl sites for hydroxylation is 1. The highest BCUT2D eigenvalue weighted by atomic mass is 35.5. The van der Waals surface area contributed by atoms with Crippen LogP contribution in [0.25, 0.3) is 10.9 Å². The van der Waals surface area contributed by atoms with E-state index in [1.807, 2.05) is 30.3 Å². The van der Waals surface area contributed by atoms with Crippen LogP contribution in [0, 0.1) is 6.92 Å². The maximum Gasteiger partial charge on any atom is 0.343 e. The number of nitrogens with one attached hydrogen (secondary N) is 1. The zero-order chi connectivity index (χ0) is 22.7. The number of esters is 1. The van der Waals surface area contributed by atoms with Gasteiger partial charge < -0.3 is 10.1 Å². The summed E-state index contributed by atoms with van der Waals surface area (Å²) in [7, 11) is 0. The Morgan fingerprint density at radius 1 is 1.06 bits per heavy atom. The minimum absolute atomic E-state index is 0.112. The summed E-state index contributed by atoms with van der Waals surface area (Å²) in [4.78, 5) is 29.2. The lowest BCUT2D eigenvalue weighted by Crippen LogP contribution is -2.21. The quantitative estimate of drug-likeness (QED) is 0.407. The second kappa shape index (κ2) is 9.38. The van der Waals surface area contributed by atoms with E-state index in [1.165, 1.54) is 4.68 Å². The van der Waals surface area contributed by atoms with E-state index in [0.29, 0.717) is 22.9 Å². The van der Waals surface area contributed by atoms with Gasteiger partial charge in [-0.2, -0.15) is 5.10 Å². The van der Waals surface area contributed by atoms with Crippen molar-refractivity contribution in [3.63, 3.8) is 0 Å². The average molecular weight is 469 g/mol. The zero-order valence-electron chi connectivity index (χ0n) is 17.0. The number of aromatic nitrogens is 3. The van der Waals surface area contributed by atoms with Crippen LogP contribution in [-0.4, -0.2) is 33.2 Å². The molecule has 0 spiro atoms. The van der Waals surface area contributed by atoms with Crippen molar-refractivity contribution >= 4 is 51.7 Å². The third-order valence-electron chi connectivity index (χ3n) is 4.80. The summed E-state index contributed by atoms with van der Waals surface area (Å²) in [6.45, 7) is 1.47. The van der Waals surface area contributed by atoms with E-state index < -0.39 is 18.5 Å². The van der Waals surface area contributed by atoms with Gasteiger partial charge in [0.15, 0.2) is 6.61 Å². The first-order chi connectivity index (χ1) is 15.4. The van der Waals surface area contributed by atoms with Crippen molar-refractivity contribution in [2.45, 2.75) is 13.5 Å². The van der Waals surface area contributed by atoms with Gasteiger partial charge in [-0.25, -0.2) is 9.48 Å². The van der Waals surface area contributed by atoms with Crippen molar-refractivity contribution in [2.24, 2.45) is 0 Å². The van der Waals surface area contributed by atoms with Crippen LogP contribution in [0.2, 0.25) is 10.2 Å². The van der Waals surface area contributed by atoms with E-state index in [1.54, 1.807) is 37.4 Å². The van der Waals surface area contributed by atoms with E-state index in [0.717, 1.165) is 16.5 Å². The van der Waals surface area contributed by atoms with Crippen LogP contribution in [0.1, 0.15) is 21.6 Å². The molecular formula is C23H18Cl2N4O3. The molecule has 32 heavy (non-hydrogen) atoms. The summed E-state index contributed by atoms with van der Waals surface area (Å²) in [5.74, 6) is -1.21. The van der Waals surface area contributed by atoms with Crippen molar-refractivity contribution in [2.75, 3.05) is 11.9 Å². The van der Waals surface area contributed by atoms with Crippen LogP contribution in [0.15, 0.2) is 60.8 Å². The largest absolute Gasteiger partial charge is 0.452 e. The molecule has 162 valence electrons. The van der Waals surface area contributed by atoms with Gasteiger partial charge in [0.1, 0.15) is 10.7 Å². The lowest BCUT2D eigenvalue weighted by atomic mass is 10.2. The molecule has 1 N–H and O–H groups in total. The van der Waals surface area contributed by atoms with Gasteiger partial charge in [-0.15, -0.1) is 0 Å². The number of carbonyl (C=O) groups excluding carboxylic acids is 2. The van der Waals surface area contributed by atoms with Crippen LogP contribution in [-0.2, 0) is 16.1 Å². The fraction of sp³-hybridized carbons (Fsp3) is 0.130. The number of anilines is 1. The van der Waals surface area contributed by atoms with Gasteiger partial charge in [0.05, 0.1) is 23.4 Å². The van der Waals surface area contributed by atoms with Gasteiger partial charge in [-0.3, -0.25) is 9.78 Å². The van der Waals surface area contributed by atoms with Crippen molar-refractivity contribution < 1.29 is 14.3 Å². The Labute approximate surface area is 193 Å². The first-order valence-electron chi connectivity index (χ1n) is 9.71. The fourth-order valence-corrected chi connectivity index (χ4v) is 3.79. The summed E-state index contributed by atoms with van der Waals surface area (Å²) in [5.41, 5.74) is 2.64. The van der Waals surface area contributed by atoms with Gasteiger partial charge in [-0.05, 0) is 42.8 Å². The third-order valence-corrected chi connectivity index (χ3v) is 5.55. The number of rotatable bonds is 6. The molecule has 0 saturated carbocycles. The molecule has 4 rings (SSSR count). The van der Waals surface area contributed by atoms with Crippen LogP contribution in [0.3, 0.4) is 0 Å². The number of carbonyl (C=O) groups is 2. The Balaban J connectivity index is 1.43. The molecule has 9 heteroatoms. The minimum Gasteiger partial charge on any atom is -0.452 e. The van der Waals surface area contributed by atoms with Crippen molar-refractivity contribution in [3.05, 3.63) is 87.8 Å². The highest BCUT2D eigenvalue weighted by molar-refractivity contribution is 6.33. The summed E-state index contributed by atoms with van der Waals surface area (Å²) < 4.78 is 6.66. The van der Waals surface area contributed by atoms with Crippen LogP contribution < -0.4 is 5.32 Å². The lowest BCUT2D eigenvalue weighted by molar-refractivity contribution is -0.119. The number of nitrogens with zero attached hydrogens (tertiary/aromatic N) is 3. The van der Waals surface area contributed by atoms with E-state index >= 15 is 0 Å². The Morgan fingerprint density at radius 2 is 1.88 bits per heavy atom. The lowest BCUT2D eigenvalue weighted by Gasteiger charge is -2.09. The predicted octanol–water partition coefficient (Wildman–Crippen LogP) is 4.89. The highest BCUT2D eigenvalue weighted by Crippen LogP contribution is 2.24. The van der Waals surface area contributed by atoms with Crippen molar-refractivity contribution in [3.8, 4) is 0 Å². The number of ether oxygens (including phenoxy) is 1. The molecule has 0 bridgehead atoms. The van der Waals surface area contributed by atoms with Crippen LogP contribution >= 0.6 is 23.2 Å². The number of hydrogen-bond acceptors (Lipinski definition) is 5. The second-order valence-electron chi connectivity index (χ2n) is 7.00. The first-order valence-corrected chi connectivity index (χ1v) is 10.5.